The minimum Gasteiger partial charge on any atom is -0.438 e. The van der Waals surface area contributed by atoms with Gasteiger partial charge in [0.25, 0.3) is 0 Å². The maximum atomic E-state index is 6.02. The Morgan fingerprint density at radius 2 is 1.84 bits per heavy atom. The average Bonchev–Trinajstić information content (AvgIpc) is 2.30. The van der Waals surface area contributed by atoms with E-state index in [-0.39, 0.29) is 5.41 Å². The van der Waals surface area contributed by atoms with Gasteiger partial charge in [0.05, 0.1) is 4.47 Å². The first kappa shape index (κ1) is 14.3. The molecule has 2 aromatic rings. The highest BCUT2D eigenvalue weighted by Gasteiger charge is 2.19. The highest BCUT2D eigenvalue weighted by Crippen LogP contribution is 2.30. The van der Waals surface area contributed by atoms with Gasteiger partial charge in [-0.15, -0.1) is 0 Å². The molecule has 0 aliphatic rings. The van der Waals surface area contributed by atoms with Crippen molar-refractivity contribution in [2.45, 2.75) is 26.2 Å². The number of para-hydroxylation sites is 1. The Hall–Kier alpha value is -1.13. The molecule has 0 bridgehead atoms. The monoisotopic (exact) mass is 340 g/mol. The molecule has 0 amide bonds. The van der Waals surface area contributed by atoms with E-state index in [1.165, 1.54) is 0 Å². The molecule has 1 aromatic heterocycles. The first-order valence-corrected chi connectivity index (χ1v) is 7.01. The van der Waals surface area contributed by atoms with Gasteiger partial charge in [-0.3, -0.25) is 0 Å². The Morgan fingerprint density at radius 3 is 2.47 bits per heavy atom. The summed E-state index contributed by atoms with van der Waals surface area (Å²) < 4.78 is 6.61. The third-order valence-electron chi connectivity index (χ3n) is 2.39. The summed E-state index contributed by atoms with van der Waals surface area (Å²) in [6.07, 6.45) is 0. The number of hydrogen-bond acceptors (Lipinski definition) is 3. The lowest BCUT2D eigenvalue weighted by Gasteiger charge is -2.17. The molecule has 0 radical (unpaired) electrons. The van der Waals surface area contributed by atoms with Crippen molar-refractivity contribution in [1.82, 2.24) is 9.97 Å². The number of halogens is 2. The molecule has 0 atom stereocenters. The highest BCUT2D eigenvalue weighted by atomic mass is 79.9. The molecule has 0 fully saturated rings. The minimum absolute atomic E-state index is 0.184. The first-order valence-electron chi connectivity index (χ1n) is 5.84. The predicted molar refractivity (Wildman–Crippen MR) is 80.0 cm³/mol. The van der Waals surface area contributed by atoms with Gasteiger partial charge in [0, 0.05) is 11.5 Å². The van der Waals surface area contributed by atoms with E-state index in [0.29, 0.717) is 22.6 Å². The molecule has 0 saturated carbocycles. The van der Waals surface area contributed by atoms with E-state index in [0.717, 1.165) is 4.47 Å². The molecule has 1 aromatic carbocycles. The third-order valence-corrected chi connectivity index (χ3v) is 3.24. The minimum atomic E-state index is -0.184. The van der Waals surface area contributed by atoms with Crippen LogP contribution in [-0.2, 0) is 5.41 Å². The fourth-order valence-corrected chi connectivity index (χ4v) is 1.96. The summed E-state index contributed by atoms with van der Waals surface area (Å²) in [6, 6.07) is 9.19. The van der Waals surface area contributed by atoms with Crippen molar-refractivity contribution in [1.29, 1.82) is 0 Å². The van der Waals surface area contributed by atoms with Crippen molar-refractivity contribution in [2.75, 3.05) is 0 Å². The topological polar surface area (TPSA) is 35.0 Å². The lowest BCUT2D eigenvalue weighted by molar-refractivity contribution is 0.443. The van der Waals surface area contributed by atoms with E-state index in [4.69, 9.17) is 16.3 Å². The van der Waals surface area contributed by atoms with Gasteiger partial charge >= 0.3 is 0 Å². The molecule has 5 heteroatoms. The number of benzene rings is 1. The zero-order chi connectivity index (χ0) is 14.0. The molecule has 100 valence electrons. The molecule has 2 rings (SSSR count). The number of aromatic nitrogens is 2. The highest BCUT2D eigenvalue weighted by molar-refractivity contribution is 9.10. The van der Waals surface area contributed by atoms with Crippen LogP contribution in [0.3, 0.4) is 0 Å². The van der Waals surface area contributed by atoms with Gasteiger partial charge in [-0.25, -0.2) is 4.98 Å². The van der Waals surface area contributed by atoms with Gasteiger partial charge < -0.3 is 4.74 Å². The molecule has 0 aliphatic heterocycles. The number of ether oxygens (including phenoxy) is 1. The smallest absolute Gasteiger partial charge is 0.224 e. The van der Waals surface area contributed by atoms with Gasteiger partial charge in [0.15, 0.2) is 0 Å². The van der Waals surface area contributed by atoms with Crippen molar-refractivity contribution in [3.8, 4) is 11.6 Å². The first-order chi connectivity index (χ1) is 8.86. The largest absolute Gasteiger partial charge is 0.438 e. The summed E-state index contributed by atoms with van der Waals surface area (Å²) >= 11 is 9.45. The summed E-state index contributed by atoms with van der Waals surface area (Å²) in [5, 5.41) is 0.377. The van der Waals surface area contributed by atoms with Crippen LogP contribution in [0.5, 0.6) is 11.6 Å². The lowest BCUT2D eigenvalue weighted by Crippen LogP contribution is -2.16. The Labute approximate surface area is 126 Å². The summed E-state index contributed by atoms with van der Waals surface area (Å²) in [6.45, 7) is 6.09. The Bertz CT molecular complexity index is 596. The molecular formula is C14H14BrClN2O. The average molecular weight is 342 g/mol. The lowest BCUT2D eigenvalue weighted by atomic mass is 9.96. The third kappa shape index (κ3) is 3.67. The van der Waals surface area contributed by atoms with Crippen molar-refractivity contribution in [3.05, 3.63) is 45.8 Å². The van der Waals surface area contributed by atoms with Crippen LogP contribution in [0.15, 0.2) is 34.8 Å². The van der Waals surface area contributed by atoms with E-state index in [1.807, 2.05) is 45.0 Å². The Morgan fingerprint density at radius 1 is 1.16 bits per heavy atom. The van der Waals surface area contributed by atoms with Crippen LogP contribution in [-0.4, -0.2) is 9.97 Å². The molecule has 0 N–H and O–H groups in total. The van der Waals surface area contributed by atoms with E-state index in [9.17, 15) is 0 Å². The molecule has 3 nitrogen and oxygen atoms in total. The zero-order valence-corrected chi connectivity index (χ0v) is 13.3. The normalized spacial score (nSPS) is 11.4. The summed E-state index contributed by atoms with van der Waals surface area (Å²) in [5.41, 5.74) is -0.184. The second-order valence-corrected chi connectivity index (χ2v) is 6.38. The summed E-state index contributed by atoms with van der Waals surface area (Å²) in [5.74, 6) is 1.79. The molecular weight excluding hydrogens is 328 g/mol. The number of rotatable bonds is 2. The molecule has 0 saturated heterocycles. The van der Waals surface area contributed by atoms with Crippen LogP contribution >= 0.6 is 27.5 Å². The summed E-state index contributed by atoms with van der Waals surface area (Å²) in [7, 11) is 0. The molecule has 1 heterocycles. The Balaban J connectivity index is 2.36. The quantitative estimate of drug-likeness (QED) is 0.722. The fraction of sp³-hybridized carbons (Fsp3) is 0.286. The van der Waals surface area contributed by atoms with Crippen molar-refractivity contribution in [3.63, 3.8) is 0 Å². The van der Waals surface area contributed by atoms with Gasteiger partial charge in [0.2, 0.25) is 5.88 Å². The maximum absolute atomic E-state index is 6.02. The van der Waals surface area contributed by atoms with Crippen LogP contribution in [0.1, 0.15) is 26.6 Å². The Kier molecular flexibility index (Phi) is 4.11. The SMILES string of the molecule is CC(C)(C)c1nc(Cl)cc(Oc2ccccc2Br)n1. The summed E-state index contributed by atoms with van der Waals surface area (Å²) in [4.78, 5) is 8.63. The van der Waals surface area contributed by atoms with Crippen molar-refractivity contribution < 1.29 is 4.74 Å². The van der Waals surface area contributed by atoms with Gasteiger partial charge in [-0.2, -0.15) is 4.98 Å². The predicted octanol–water partition coefficient (Wildman–Crippen LogP) is 4.98. The van der Waals surface area contributed by atoms with Crippen molar-refractivity contribution in [2.24, 2.45) is 0 Å². The van der Waals surface area contributed by atoms with Crippen molar-refractivity contribution >= 4 is 27.5 Å². The van der Waals surface area contributed by atoms with Crippen LogP contribution < -0.4 is 4.74 Å². The van der Waals surface area contributed by atoms with E-state index >= 15 is 0 Å². The fourth-order valence-electron chi connectivity index (χ4n) is 1.42. The molecule has 0 unspecified atom stereocenters. The maximum Gasteiger partial charge on any atom is 0.224 e. The standard InChI is InChI=1S/C14H14BrClN2O/c1-14(2,3)13-17-11(16)8-12(18-13)19-10-7-5-4-6-9(10)15/h4-8H,1-3H3. The zero-order valence-electron chi connectivity index (χ0n) is 10.9. The van der Waals surface area contributed by atoms with Crippen LogP contribution in [0, 0.1) is 0 Å². The van der Waals surface area contributed by atoms with Gasteiger partial charge in [0.1, 0.15) is 16.7 Å². The second kappa shape index (κ2) is 5.47. The number of hydrogen-bond donors (Lipinski definition) is 0. The van der Waals surface area contributed by atoms with E-state index < -0.39 is 0 Å². The second-order valence-electron chi connectivity index (χ2n) is 5.13. The number of nitrogens with zero attached hydrogens (tertiary/aromatic N) is 2. The van der Waals surface area contributed by atoms with Gasteiger partial charge in [-0.1, -0.05) is 44.5 Å². The van der Waals surface area contributed by atoms with Crippen LogP contribution in [0.2, 0.25) is 5.15 Å². The molecule has 0 spiro atoms. The van der Waals surface area contributed by atoms with E-state index in [2.05, 4.69) is 25.9 Å². The molecule has 19 heavy (non-hydrogen) atoms. The molecule has 0 aliphatic carbocycles. The van der Waals surface area contributed by atoms with Crippen LogP contribution in [0.25, 0.3) is 0 Å². The van der Waals surface area contributed by atoms with Crippen LogP contribution in [0.4, 0.5) is 0 Å². The van der Waals surface area contributed by atoms with Gasteiger partial charge in [-0.05, 0) is 28.1 Å². The van der Waals surface area contributed by atoms with E-state index in [1.54, 1.807) is 6.07 Å².